The normalized spacial score (nSPS) is 17.0. The van der Waals surface area contributed by atoms with Gasteiger partial charge in [0, 0.05) is 17.3 Å². The lowest BCUT2D eigenvalue weighted by atomic mass is 10.00. The Morgan fingerprint density at radius 2 is 1.48 bits per heavy atom. The minimum absolute atomic E-state index is 0.0658. The molecule has 0 atom stereocenters. The molecule has 21 heavy (non-hydrogen) atoms. The number of hydrogen-bond donors (Lipinski definition) is 1. The number of carbonyl (C=O) groups excluding carboxylic acids is 1. The van der Waals surface area contributed by atoms with Gasteiger partial charge < -0.3 is 5.32 Å². The quantitative estimate of drug-likeness (QED) is 0.349. The molecular formula is C18H34BrNO. The van der Waals surface area contributed by atoms with E-state index in [0.717, 1.165) is 24.6 Å². The van der Waals surface area contributed by atoms with E-state index >= 15 is 0 Å². The first-order valence-corrected chi connectivity index (χ1v) is 10.2. The fraction of sp³-hybridized carbons (Fsp3) is 0.944. The van der Waals surface area contributed by atoms with E-state index in [0.29, 0.717) is 6.42 Å². The van der Waals surface area contributed by atoms with Crippen molar-refractivity contribution in [3.05, 3.63) is 0 Å². The number of carbonyl (C=O) groups is 1. The summed E-state index contributed by atoms with van der Waals surface area (Å²) in [4.78, 5) is 12.0. The van der Waals surface area contributed by atoms with Gasteiger partial charge in [-0.05, 0) is 19.3 Å². The third kappa shape index (κ3) is 8.23. The van der Waals surface area contributed by atoms with Crippen LogP contribution < -0.4 is 5.32 Å². The van der Waals surface area contributed by atoms with E-state index in [1.807, 2.05) is 0 Å². The summed E-state index contributed by atoms with van der Waals surface area (Å²) in [5, 5.41) is 4.19. The molecule has 0 saturated heterocycles. The SMILES string of the molecule is CCCCCCCCCCCC(=O)NC1(CBr)CCCC1. The summed E-state index contributed by atoms with van der Waals surface area (Å²) in [7, 11) is 0. The van der Waals surface area contributed by atoms with E-state index in [-0.39, 0.29) is 11.4 Å². The lowest BCUT2D eigenvalue weighted by molar-refractivity contribution is -0.122. The molecular weight excluding hydrogens is 326 g/mol. The van der Waals surface area contributed by atoms with Gasteiger partial charge in [-0.15, -0.1) is 0 Å². The molecule has 2 nitrogen and oxygen atoms in total. The predicted octanol–water partition coefficient (Wildman–Crippen LogP) is 5.73. The third-order valence-electron chi connectivity index (χ3n) is 4.73. The fourth-order valence-corrected chi connectivity index (χ4v) is 4.00. The van der Waals surface area contributed by atoms with Crippen LogP contribution in [0.4, 0.5) is 0 Å². The van der Waals surface area contributed by atoms with E-state index in [4.69, 9.17) is 0 Å². The molecule has 1 aliphatic rings. The van der Waals surface area contributed by atoms with Crippen LogP contribution in [0.3, 0.4) is 0 Å². The maximum Gasteiger partial charge on any atom is 0.220 e. The minimum atomic E-state index is 0.0658. The number of hydrogen-bond acceptors (Lipinski definition) is 1. The molecule has 0 heterocycles. The van der Waals surface area contributed by atoms with Crippen molar-refractivity contribution < 1.29 is 4.79 Å². The Labute approximate surface area is 140 Å². The molecule has 0 radical (unpaired) electrons. The molecule has 0 aromatic heterocycles. The van der Waals surface area contributed by atoms with Gasteiger partial charge in [-0.1, -0.05) is 87.1 Å². The smallest absolute Gasteiger partial charge is 0.220 e. The highest BCUT2D eigenvalue weighted by molar-refractivity contribution is 9.09. The van der Waals surface area contributed by atoms with Crippen molar-refractivity contribution >= 4 is 21.8 Å². The molecule has 0 aromatic rings. The molecule has 1 fully saturated rings. The zero-order valence-electron chi connectivity index (χ0n) is 13.9. The predicted molar refractivity (Wildman–Crippen MR) is 95.0 cm³/mol. The second kappa shape index (κ2) is 11.5. The maximum atomic E-state index is 12.0. The van der Waals surface area contributed by atoms with Crippen LogP contribution in [0, 0.1) is 0 Å². The van der Waals surface area contributed by atoms with Gasteiger partial charge in [0.15, 0.2) is 0 Å². The number of amides is 1. The van der Waals surface area contributed by atoms with E-state index in [1.165, 1.54) is 64.2 Å². The van der Waals surface area contributed by atoms with Crippen LogP contribution in [0.1, 0.15) is 96.8 Å². The molecule has 1 aliphatic carbocycles. The molecule has 0 bridgehead atoms. The minimum Gasteiger partial charge on any atom is -0.350 e. The van der Waals surface area contributed by atoms with Crippen LogP contribution in [0.5, 0.6) is 0 Å². The first kappa shape index (κ1) is 19.0. The van der Waals surface area contributed by atoms with Crippen LogP contribution in [0.15, 0.2) is 0 Å². The molecule has 3 heteroatoms. The van der Waals surface area contributed by atoms with Gasteiger partial charge in [0.2, 0.25) is 5.91 Å². The second-order valence-electron chi connectivity index (χ2n) is 6.75. The summed E-state index contributed by atoms with van der Waals surface area (Å²) < 4.78 is 0. The van der Waals surface area contributed by atoms with Crippen LogP contribution in [-0.2, 0) is 4.79 Å². The van der Waals surface area contributed by atoms with Crippen molar-refractivity contribution in [1.82, 2.24) is 5.32 Å². The summed E-state index contributed by atoms with van der Waals surface area (Å²) in [5.74, 6) is 0.263. The molecule has 0 aliphatic heterocycles. The first-order chi connectivity index (χ1) is 10.2. The fourth-order valence-electron chi connectivity index (χ4n) is 3.30. The molecule has 0 spiro atoms. The largest absolute Gasteiger partial charge is 0.350 e. The van der Waals surface area contributed by atoms with Crippen molar-refractivity contribution in [2.24, 2.45) is 0 Å². The summed E-state index contributed by atoms with van der Waals surface area (Å²) in [6, 6.07) is 0. The Bertz CT molecular complexity index is 274. The number of unbranched alkanes of at least 4 members (excludes halogenated alkanes) is 8. The lowest BCUT2D eigenvalue weighted by Crippen LogP contribution is -2.47. The summed E-state index contributed by atoms with van der Waals surface area (Å²) >= 11 is 3.58. The van der Waals surface area contributed by atoms with Gasteiger partial charge in [0.25, 0.3) is 0 Å². The molecule has 1 saturated carbocycles. The van der Waals surface area contributed by atoms with E-state index in [1.54, 1.807) is 0 Å². The Kier molecular flexibility index (Phi) is 10.4. The van der Waals surface area contributed by atoms with E-state index < -0.39 is 0 Å². The molecule has 1 amide bonds. The summed E-state index contributed by atoms with van der Waals surface area (Å²) in [5.41, 5.74) is 0.0658. The molecule has 1 rings (SSSR count). The van der Waals surface area contributed by atoms with Crippen LogP contribution in [-0.4, -0.2) is 16.8 Å². The van der Waals surface area contributed by atoms with Crippen LogP contribution in [0.25, 0.3) is 0 Å². The number of rotatable bonds is 12. The molecule has 124 valence electrons. The summed E-state index contributed by atoms with van der Waals surface area (Å²) in [6.45, 7) is 2.26. The molecule has 1 N–H and O–H groups in total. The topological polar surface area (TPSA) is 29.1 Å². The Morgan fingerprint density at radius 1 is 0.952 bits per heavy atom. The van der Waals surface area contributed by atoms with Crippen LogP contribution in [0.2, 0.25) is 0 Å². The Hall–Kier alpha value is -0.0500. The molecule has 0 unspecified atom stereocenters. The van der Waals surface area contributed by atoms with Gasteiger partial charge in [0.1, 0.15) is 0 Å². The number of nitrogens with one attached hydrogen (secondary N) is 1. The monoisotopic (exact) mass is 359 g/mol. The van der Waals surface area contributed by atoms with E-state index in [9.17, 15) is 4.79 Å². The van der Waals surface area contributed by atoms with Gasteiger partial charge in [-0.25, -0.2) is 0 Å². The first-order valence-electron chi connectivity index (χ1n) is 9.09. The van der Waals surface area contributed by atoms with Crippen LogP contribution >= 0.6 is 15.9 Å². The Morgan fingerprint density at radius 3 is 2.00 bits per heavy atom. The van der Waals surface area contributed by atoms with Crippen molar-refractivity contribution in [2.75, 3.05) is 5.33 Å². The maximum absolute atomic E-state index is 12.0. The van der Waals surface area contributed by atoms with Crippen molar-refractivity contribution in [3.63, 3.8) is 0 Å². The van der Waals surface area contributed by atoms with Gasteiger partial charge in [0.05, 0.1) is 0 Å². The van der Waals surface area contributed by atoms with Crippen molar-refractivity contribution in [2.45, 2.75) is 102 Å². The van der Waals surface area contributed by atoms with Gasteiger partial charge >= 0.3 is 0 Å². The highest BCUT2D eigenvalue weighted by Gasteiger charge is 2.33. The molecule has 0 aromatic carbocycles. The average Bonchev–Trinajstić information content (AvgIpc) is 2.94. The van der Waals surface area contributed by atoms with E-state index in [2.05, 4.69) is 28.2 Å². The van der Waals surface area contributed by atoms with Gasteiger partial charge in [-0.2, -0.15) is 0 Å². The zero-order chi connectivity index (χ0) is 15.4. The standard InChI is InChI=1S/C18H34BrNO/c1-2-3-4-5-6-7-8-9-10-13-17(21)20-18(16-19)14-11-12-15-18/h2-16H2,1H3,(H,20,21). The zero-order valence-corrected chi connectivity index (χ0v) is 15.5. The Balaban J connectivity index is 1.96. The second-order valence-corrected chi connectivity index (χ2v) is 7.31. The highest BCUT2D eigenvalue weighted by atomic mass is 79.9. The number of halogens is 1. The number of alkyl halides is 1. The highest BCUT2D eigenvalue weighted by Crippen LogP contribution is 2.31. The van der Waals surface area contributed by atoms with Crippen molar-refractivity contribution in [3.8, 4) is 0 Å². The van der Waals surface area contributed by atoms with Gasteiger partial charge in [-0.3, -0.25) is 4.79 Å². The lowest BCUT2D eigenvalue weighted by Gasteiger charge is -2.28. The summed E-state index contributed by atoms with van der Waals surface area (Å²) in [6.07, 6.45) is 17.3. The third-order valence-corrected chi connectivity index (χ3v) is 5.80. The average molecular weight is 360 g/mol. The van der Waals surface area contributed by atoms with Crippen molar-refractivity contribution in [1.29, 1.82) is 0 Å².